The van der Waals surface area contributed by atoms with E-state index in [0.29, 0.717) is 0 Å². The van der Waals surface area contributed by atoms with Gasteiger partial charge in [0.15, 0.2) is 0 Å². The highest BCUT2D eigenvalue weighted by atomic mass is 31.1. The van der Waals surface area contributed by atoms with Crippen LogP contribution in [0.3, 0.4) is 0 Å². The molecular weight excluding hydrogens is 339 g/mol. The van der Waals surface area contributed by atoms with Gasteiger partial charge in [-0.05, 0) is 67.3 Å². The molecule has 0 aromatic heterocycles. The van der Waals surface area contributed by atoms with Crippen molar-refractivity contribution in [3.05, 3.63) is 59.2 Å². The molecule has 138 valence electrons. The number of rotatable bonds is 5. The normalized spacial score (nSPS) is 14.1. The summed E-state index contributed by atoms with van der Waals surface area (Å²) in [5.41, 5.74) is 5.86. The van der Waals surface area contributed by atoms with E-state index in [1.165, 1.54) is 27.8 Å². The van der Waals surface area contributed by atoms with Gasteiger partial charge in [-0.1, -0.05) is 64.2 Å². The molecule has 0 bridgehead atoms. The van der Waals surface area contributed by atoms with E-state index in [1.807, 2.05) is 20.8 Å². The Labute approximate surface area is 158 Å². The molecule has 2 aromatic carbocycles. The fourth-order valence-electron chi connectivity index (χ4n) is 3.86. The number of carbonyl (C=O) groups is 1. The highest BCUT2D eigenvalue weighted by Crippen LogP contribution is 2.54. The minimum Gasteiger partial charge on any atom is -0.459 e. The molecule has 2 nitrogen and oxygen atoms in total. The molecule has 0 saturated carbocycles. The second kappa shape index (κ2) is 7.53. The molecule has 0 aliphatic heterocycles. The number of esters is 1. The van der Waals surface area contributed by atoms with Crippen molar-refractivity contribution in [3.8, 4) is 11.1 Å². The number of carbonyl (C=O) groups excluding carboxylic acids is 1. The van der Waals surface area contributed by atoms with Crippen molar-refractivity contribution < 1.29 is 9.53 Å². The molecule has 0 saturated heterocycles. The highest BCUT2D eigenvalue weighted by molar-refractivity contribution is 7.58. The summed E-state index contributed by atoms with van der Waals surface area (Å²) in [7, 11) is -0.445. The summed E-state index contributed by atoms with van der Waals surface area (Å²) in [6.07, 6.45) is 2.98. The van der Waals surface area contributed by atoms with Gasteiger partial charge in [0, 0.05) is 0 Å². The lowest BCUT2D eigenvalue weighted by Crippen LogP contribution is -2.28. The van der Waals surface area contributed by atoms with Crippen molar-refractivity contribution in [1.82, 2.24) is 0 Å². The van der Waals surface area contributed by atoms with Gasteiger partial charge in [0.25, 0.3) is 0 Å². The molecule has 0 fully saturated rings. The Balaban J connectivity index is 2.07. The SMILES string of the molecule is CCP(CC)C(C(=O)OC(C)(C)C)c1cccc2c1Cc1ccccc1-2. The van der Waals surface area contributed by atoms with E-state index < -0.39 is 13.5 Å². The third-order valence-corrected chi connectivity index (χ3v) is 7.83. The van der Waals surface area contributed by atoms with Crippen LogP contribution in [0.2, 0.25) is 0 Å². The van der Waals surface area contributed by atoms with E-state index in [2.05, 4.69) is 56.3 Å². The molecule has 1 unspecified atom stereocenters. The molecule has 1 aliphatic carbocycles. The molecule has 0 amide bonds. The Hall–Kier alpha value is -1.66. The van der Waals surface area contributed by atoms with E-state index in [4.69, 9.17) is 4.74 Å². The number of ether oxygens (including phenoxy) is 1. The summed E-state index contributed by atoms with van der Waals surface area (Å²) in [4.78, 5) is 13.2. The maximum atomic E-state index is 13.2. The zero-order valence-corrected chi connectivity index (χ0v) is 17.4. The van der Waals surface area contributed by atoms with Crippen molar-refractivity contribution in [2.24, 2.45) is 0 Å². The number of fused-ring (bicyclic) bond motifs is 3. The predicted molar refractivity (Wildman–Crippen MR) is 111 cm³/mol. The topological polar surface area (TPSA) is 26.3 Å². The Bertz CT molecular complexity index is 800. The molecule has 3 heteroatoms. The first kappa shape index (κ1) is 19.1. The Kier molecular flexibility index (Phi) is 5.53. The van der Waals surface area contributed by atoms with Crippen LogP contribution in [0.25, 0.3) is 11.1 Å². The van der Waals surface area contributed by atoms with Crippen molar-refractivity contribution in [2.45, 2.75) is 52.3 Å². The fourth-order valence-corrected chi connectivity index (χ4v) is 6.02. The summed E-state index contributed by atoms with van der Waals surface area (Å²) in [5.74, 6) is -0.0586. The van der Waals surface area contributed by atoms with Crippen LogP contribution >= 0.6 is 7.92 Å². The first-order valence-corrected chi connectivity index (χ1v) is 11.3. The number of hydrogen-bond donors (Lipinski definition) is 0. The van der Waals surface area contributed by atoms with Gasteiger partial charge in [-0.2, -0.15) is 0 Å². The van der Waals surface area contributed by atoms with Crippen LogP contribution < -0.4 is 0 Å². The predicted octanol–water partition coefficient (Wildman–Crippen LogP) is 6.16. The zero-order valence-electron chi connectivity index (χ0n) is 16.5. The second-order valence-electron chi connectivity index (χ2n) is 7.86. The lowest BCUT2D eigenvalue weighted by atomic mass is 9.98. The number of hydrogen-bond acceptors (Lipinski definition) is 2. The fraction of sp³-hybridized carbons (Fsp3) is 0.435. The van der Waals surface area contributed by atoms with E-state index in [0.717, 1.165) is 18.7 Å². The quantitative estimate of drug-likeness (QED) is 0.398. The standard InChI is InChI=1S/C23H29O2P/c1-6-26(7-2)21(22(24)25-23(3,4)5)19-14-10-13-18-17-12-9-8-11-16(17)15-20(18)19/h8-14,21H,6-7,15H2,1-5H3. The van der Waals surface area contributed by atoms with Gasteiger partial charge in [0.2, 0.25) is 0 Å². The molecular formula is C23H29O2P. The van der Waals surface area contributed by atoms with Crippen LogP contribution in [0.5, 0.6) is 0 Å². The lowest BCUT2D eigenvalue weighted by Gasteiger charge is -2.30. The minimum absolute atomic E-state index is 0.0586. The average molecular weight is 368 g/mol. The molecule has 0 N–H and O–H groups in total. The molecule has 0 heterocycles. The third-order valence-electron chi connectivity index (χ3n) is 4.99. The highest BCUT2D eigenvalue weighted by Gasteiger charge is 2.35. The summed E-state index contributed by atoms with van der Waals surface area (Å²) in [5, 5.41) is 0. The summed E-state index contributed by atoms with van der Waals surface area (Å²) >= 11 is 0. The van der Waals surface area contributed by atoms with Crippen molar-refractivity contribution >= 4 is 13.9 Å². The van der Waals surface area contributed by atoms with Gasteiger partial charge in [-0.3, -0.25) is 4.79 Å². The van der Waals surface area contributed by atoms with E-state index >= 15 is 0 Å². The largest absolute Gasteiger partial charge is 0.459 e. The molecule has 2 aromatic rings. The molecule has 26 heavy (non-hydrogen) atoms. The van der Waals surface area contributed by atoms with Gasteiger partial charge < -0.3 is 4.74 Å². The molecule has 1 aliphatic rings. The Morgan fingerprint density at radius 1 is 1.04 bits per heavy atom. The van der Waals surface area contributed by atoms with Gasteiger partial charge in [-0.25, -0.2) is 0 Å². The van der Waals surface area contributed by atoms with Crippen LogP contribution in [-0.2, 0) is 16.0 Å². The van der Waals surface area contributed by atoms with Gasteiger partial charge >= 0.3 is 5.97 Å². The van der Waals surface area contributed by atoms with E-state index in [9.17, 15) is 4.79 Å². The average Bonchev–Trinajstić information content (AvgIpc) is 2.97. The van der Waals surface area contributed by atoms with Gasteiger partial charge in [-0.15, -0.1) is 0 Å². The molecule has 0 radical (unpaired) electrons. The molecule has 1 atom stereocenters. The maximum absolute atomic E-state index is 13.2. The smallest absolute Gasteiger partial charge is 0.318 e. The zero-order chi connectivity index (χ0) is 18.9. The first-order valence-electron chi connectivity index (χ1n) is 9.52. The maximum Gasteiger partial charge on any atom is 0.318 e. The first-order chi connectivity index (χ1) is 12.4. The Morgan fingerprint density at radius 3 is 2.35 bits per heavy atom. The molecule has 0 spiro atoms. The van der Waals surface area contributed by atoms with Crippen molar-refractivity contribution in [3.63, 3.8) is 0 Å². The number of benzene rings is 2. The summed E-state index contributed by atoms with van der Waals surface area (Å²) < 4.78 is 5.85. The molecule has 3 rings (SSSR count). The van der Waals surface area contributed by atoms with E-state index in [-0.39, 0.29) is 11.6 Å². The second-order valence-corrected chi connectivity index (χ2v) is 10.8. The van der Waals surface area contributed by atoms with Crippen molar-refractivity contribution in [1.29, 1.82) is 0 Å². The van der Waals surface area contributed by atoms with Crippen LogP contribution in [0, 0.1) is 0 Å². The van der Waals surface area contributed by atoms with Crippen LogP contribution in [0.4, 0.5) is 0 Å². The third kappa shape index (κ3) is 3.71. The van der Waals surface area contributed by atoms with Gasteiger partial charge in [0.05, 0.1) is 0 Å². The van der Waals surface area contributed by atoms with E-state index in [1.54, 1.807) is 0 Å². The Morgan fingerprint density at radius 2 is 1.69 bits per heavy atom. The minimum atomic E-state index is -0.460. The van der Waals surface area contributed by atoms with Crippen LogP contribution in [0.15, 0.2) is 42.5 Å². The van der Waals surface area contributed by atoms with Crippen LogP contribution in [-0.4, -0.2) is 23.9 Å². The van der Waals surface area contributed by atoms with Crippen LogP contribution in [0.1, 0.15) is 57.0 Å². The lowest BCUT2D eigenvalue weighted by molar-refractivity contribution is -0.154. The summed E-state index contributed by atoms with van der Waals surface area (Å²) in [6, 6.07) is 15.0. The summed E-state index contributed by atoms with van der Waals surface area (Å²) in [6.45, 7) is 10.3. The van der Waals surface area contributed by atoms with Gasteiger partial charge in [0.1, 0.15) is 11.3 Å². The van der Waals surface area contributed by atoms with Crippen molar-refractivity contribution in [2.75, 3.05) is 12.3 Å². The monoisotopic (exact) mass is 368 g/mol.